The predicted molar refractivity (Wildman–Crippen MR) is 67.2 cm³/mol. The smallest absolute Gasteiger partial charge is 0.141 e. The molecule has 0 saturated heterocycles. The molecule has 0 atom stereocenters. The van der Waals surface area contributed by atoms with Crippen molar-refractivity contribution in [1.29, 1.82) is 0 Å². The highest BCUT2D eigenvalue weighted by atomic mass is 79.9. The summed E-state index contributed by atoms with van der Waals surface area (Å²) >= 11 is 3.44. The lowest BCUT2D eigenvalue weighted by Gasteiger charge is -2.08. The Bertz CT molecular complexity index is 469. The summed E-state index contributed by atoms with van der Waals surface area (Å²) in [5.41, 5.74) is 0. The number of methoxy groups -OCH3 is 1. The number of hydrogen-bond donors (Lipinski definition) is 0. The van der Waals surface area contributed by atoms with Crippen LogP contribution in [0.4, 0.5) is 0 Å². The molecule has 0 spiro atoms. The molecule has 2 aromatic carbocycles. The Balaban J connectivity index is 2.22. The molecule has 0 heterocycles. The summed E-state index contributed by atoms with van der Waals surface area (Å²) < 4.78 is 11.7. The van der Waals surface area contributed by atoms with Gasteiger partial charge in [0.2, 0.25) is 0 Å². The highest BCUT2D eigenvalue weighted by molar-refractivity contribution is 9.10. The van der Waals surface area contributed by atoms with Gasteiger partial charge in [0.25, 0.3) is 0 Å². The van der Waals surface area contributed by atoms with Gasteiger partial charge in [-0.05, 0) is 46.3 Å². The van der Waals surface area contributed by atoms with Crippen LogP contribution in [0.5, 0.6) is 17.2 Å². The van der Waals surface area contributed by atoms with E-state index in [9.17, 15) is 0 Å². The van der Waals surface area contributed by atoms with Crippen LogP contribution in [0.3, 0.4) is 0 Å². The fraction of sp³-hybridized carbons (Fsp3) is 0.0769. The van der Waals surface area contributed by atoms with Gasteiger partial charge in [-0.25, -0.2) is 0 Å². The Labute approximate surface area is 103 Å². The SMILES string of the molecule is COc1ccc(Oc2ccccc2)c(Br)c1. The van der Waals surface area contributed by atoms with Crippen LogP contribution in [0.15, 0.2) is 53.0 Å². The number of halogens is 1. The van der Waals surface area contributed by atoms with Gasteiger partial charge in [0, 0.05) is 0 Å². The minimum atomic E-state index is 0.770. The minimum absolute atomic E-state index is 0.770. The first-order valence-electron chi connectivity index (χ1n) is 4.86. The Kier molecular flexibility index (Phi) is 3.47. The molecule has 0 unspecified atom stereocenters. The van der Waals surface area contributed by atoms with Crippen LogP contribution in [0, 0.1) is 0 Å². The lowest BCUT2D eigenvalue weighted by molar-refractivity contribution is 0.412. The maximum Gasteiger partial charge on any atom is 0.141 e. The topological polar surface area (TPSA) is 18.5 Å². The van der Waals surface area contributed by atoms with Gasteiger partial charge in [0.1, 0.15) is 17.2 Å². The van der Waals surface area contributed by atoms with E-state index in [-0.39, 0.29) is 0 Å². The summed E-state index contributed by atoms with van der Waals surface area (Å²) in [4.78, 5) is 0. The fourth-order valence-electron chi connectivity index (χ4n) is 1.31. The Morgan fingerprint density at radius 3 is 2.31 bits per heavy atom. The predicted octanol–water partition coefficient (Wildman–Crippen LogP) is 4.25. The van der Waals surface area contributed by atoms with Crippen molar-refractivity contribution in [2.24, 2.45) is 0 Å². The van der Waals surface area contributed by atoms with E-state index >= 15 is 0 Å². The van der Waals surface area contributed by atoms with Crippen molar-refractivity contribution < 1.29 is 9.47 Å². The third-order valence-electron chi connectivity index (χ3n) is 2.11. The molecule has 0 amide bonds. The second-order valence-corrected chi connectivity index (χ2v) is 4.07. The van der Waals surface area contributed by atoms with Crippen LogP contribution in [0.1, 0.15) is 0 Å². The van der Waals surface area contributed by atoms with Crippen molar-refractivity contribution >= 4 is 15.9 Å². The van der Waals surface area contributed by atoms with Gasteiger partial charge in [-0.15, -0.1) is 0 Å². The van der Waals surface area contributed by atoms with Gasteiger partial charge in [-0.3, -0.25) is 0 Å². The third-order valence-corrected chi connectivity index (χ3v) is 2.73. The molecule has 0 aliphatic rings. The maximum atomic E-state index is 5.71. The van der Waals surface area contributed by atoms with Crippen molar-refractivity contribution in [1.82, 2.24) is 0 Å². The first-order valence-corrected chi connectivity index (χ1v) is 5.65. The molecule has 0 aliphatic heterocycles. The highest BCUT2D eigenvalue weighted by Gasteiger charge is 2.03. The van der Waals surface area contributed by atoms with Crippen molar-refractivity contribution in [2.75, 3.05) is 7.11 Å². The number of benzene rings is 2. The van der Waals surface area contributed by atoms with E-state index in [4.69, 9.17) is 9.47 Å². The molecule has 0 aliphatic carbocycles. The second kappa shape index (κ2) is 5.03. The van der Waals surface area contributed by atoms with E-state index in [1.165, 1.54) is 0 Å². The molecular weight excluding hydrogens is 268 g/mol. The Hall–Kier alpha value is -1.48. The van der Waals surface area contributed by atoms with E-state index in [1.807, 2.05) is 48.5 Å². The van der Waals surface area contributed by atoms with E-state index in [2.05, 4.69) is 15.9 Å². The van der Waals surface area contributed by atoms with Gasteiger partial charge in [0.15, 0.2) is 0 Å². The Morgan fingerprint density at radius 2 is 1.69 bits per heavy atom. The molecule has 0 bridgehead atoms. The average Bonchev–Trinajstić information content (AvgIpc) is 2.33. The summed E-state index contributed by atoms with van der Waals surface area (Å²) in [6.45, 7) is 0. The number of ether oxygens (including phenoxy) is 2. The molecule has 0 radical (unpaired) electrons. The lowest BCUT2D eigenvalue weighted by atomic mass is 10.3. The zero-order valence-electron chi connectivity index (χ0n) is 8.81. The zero-order chi connectivity index (χ0) is 11.4. The van der Waals surface area contributed by atoms with Gasteiger partial charge >= 0.3 is 0 Å². The summed E-state index contributed by atoms with van der Waals surface area (Å²) in [6.07, 6.45) is 0. The van der Waals surface area contributed by atoms with E-state index in [1.54, 1.807) is 7.11 Å². The van der Waals surface area contributed by atoms with E-state index in [0.717, 1.165) is 21.7 Å². The molecule has 2 aromatic rings. The van der Waals surface area contributed by atoms with Gasteiger partial charge < -0.3 is 9.47 Å². The fourth-order valence-corrected chi connectivity index (χ4v) is 1.75. The molecule has 0 aromatic heterocycles. The van der Waals surface area contributed by atoms with Crippen LogP contribution < -0.4 is 9.47 Å². The van der Waals surface area contributed by atoms with Gasteiger partial charge in [-0.2, -0.15) is 0 Å². The number of rotatable bonds is 3. The zero-order valence-corrected chi connectivity index (χ0v) is 10.4. The Morgan fingerprint density at radius 1 is 0.938 bits per heavy atom. The van der Waals surface area contributed by atoms with Crippen LogP contribution in [-0.4, -0.2) is 7.11 Å². The first kappa shape index (κ1) is 11.0. The number of para-hydroxylation sites is 1. The third kappa shape index (κ3) is 2.55. The normalized spacial score (nSPS) is 9.88. The van der Waals surface area contributed by atoms with Crippen molar-refractivity contribution in [3.8, 4) is 17.2 Å². The summed E-state index contributed by atoms with van der Waals surface area (Å²) in [6, 6.07) is 15.3. The summed E-state index contributed by atoms with van der Waals surface area (Å²) in [5.74, 6) is 2.38. The average molecular weight is 279 g/mol. The van der Waals surface area contributed by atoms with Crippen LogP contribution in [-0.2, 0) is 0 Å². The maximum absolute atomic E-state index is 5.71. The molecule has 0 fully saturated rings. The molecule has 3 heteroatoms. The quantitative estimate of drug-likeness (QED) is 0.836. The minimum Gasteiger partial charge on any atom is -0.497 e. The molecule has 16 heavy (non-hydrogen) atoms. The summed E-state index contributed by atoms with van der Waals surface area (Å²) in [7, 11) is 1.64. The van der Waals surface area contributed by atoms with E-state index in [0.29, 0.717) is 0 Å². The van der Waals surface area contributed by atoms with Crippen LogP contribution >= 0.6 is 15.9 Å². The molecule has 2 rings (SSSR count). The largest absolute Gasteiger partial charge is 0.497 e. The van der Waals surface area contributed by atoms with Crippen molar-refractivity contribution in [3.63, 3.8) is 0 Å². The van der Waals surface area contributed by atoms with Crippen LogP contribution in [0.2, 0.25) is 0 Å². The highest BCUT2D eigenvalue weighted by Crippen LogP contribution is 2.32. The molecule has 0 saturated carbocycles. The first-order chi connectivity index (χ1) is 7.79. The van der Waals surface area contributed by atoms with Gasteiger partial charge in [-0.1, -0.05) is 18.2 Å². The van der Waals surface area contributed by atoms with Crippen molar-refractivity contribution in [3.05, 3.63) is 53.0 Å². The van der Waals surface area contributed by atoms with Crippen molar-refractivity contribution in [2.45, 2.75) is 0 Å². The lowest BCUT2D eigenvalue weighted by Crippen LogP contribution is -1.87. The molecule has 0 N–H and O–H groups in total. The molecular formula is C13H11BrO2. The molecule has 2 nitrogen and oxygen atoms in total. The standard InChI is InChI=1S/C13H11BrO2/c1-15-11-7-8-13(12(14)9-11)16-10-5-3-2-4-6-10/h2-9H,1H3. The summed E-state index contributed by atoms with van der Waals surface area (Å²) in [5, 5.41) is 0. The number of hydrogen-bond acceptors (Lipinski definition) is 2. The van der Waals surface area contributed by atoms with Gasteiger partial charge in [0.05, 0.1) is 11.6 Å². The second-order valence-electron chi connectivity index (χ2n) is 3.21. The monoisotopic (exact) mass is 278 g/mol. The van der Waals surface area contributed by atoms with Crippen LogP contribution in [0.25, 0.3) is 0 Å². The van der Waals surface area contributed by atoms with E-state index < -0.39 is 0 Å². The molecule has 82 valence electrons.